The van der Waals surface area contributed by atoms with Gasteiger partial charge in [-0.25, -0.2) is 0 Å². The van der Waals surface area contributed by atoms with Gasteiger partial charge in [0.25, 0.3) is 0 Å². The van der Waals surface area contributed by atoms with Crippen LogP contribution in [0.3, 0.4) is 0 Å². The Bertz CT molecular complexity index is 686. The molecule has 0 bridgehead atoms. The lowest BCUT2D eigenvalue weighted by atomic mass is 10.0. The lowest BCUT2D eigenvalue weighted by molar-refractivity contribution is -0.141. The second-order valence-corrected chi connectivity index (χ2v) is 5.05. The first-order valence-electron chi connectivity index (χ1n) is 7.03. The molecule has 0 heterocycles. The van der Waals surface area contributed by atoms with Gasteiger partial charge in [-0.1, -0.05) is 18.2 Å². The largest absolute Gasteiger partial charge is 0.420 e. The lowest BCUT2D eigenvalue weighted by Crippen LogP contribution is -2.14. The highest BCUT2D eigenvalue weighted by atomic mass is 19.4. The second-order valence-electron chi connectivity index (χ2n) is 5.05. The Balaban J connectivity index is 2.26. The normalized spacial score (nSPS) is 11.7. The van der Waals surface area contributed by atoms with Crippen molar-refractivity contribution < 1.29 is 27.4 Å². The van der Waals surface area contributed by atoms with Crippen LogP contribution in [0.4, 0.5) is 17.7 Å². The Hall–Kier alpha value is -2.15. The average molecular weight is 329 g/mol. The molecule has 23 heavy (non-hydrogen) atoms. The average Bonchev–Trinajstić information content (AvgIpc) is 2.52. The SMILES string of the molecule is O=CCCCNCc1ccc2c(C(F)(F)F)c(OF)ccc2c1. The van der Waals surface area contributed by atoms with Crippen LogP contribution in [0.15, 0.2) is 30.3 Å². The summed E-state index contributed by atoms with van der Waals surface area (Å²) in [6.07, 6.45) is -2.71. The summed E-state index contributed by atoms with van der Waals surface area (Å²) in [5, 5.41) is 3.34. The predicted molar refractivity (Wildman–Crippen MR) is 77.7 cm³/mol. The summed E-state index contributed by atoms with van der Waals surface area (Å²) in [6, 6.07) is 6.82. The molecule has 3 nitrogen and oxygen atoms in total. The number of halogens is 4. The summed E-state index contributed by atoms with van der Waals surface area (Å²) in [5.41, 5.74) is -0.325. The molecule has 0 unspecified atom stereocenters. The maximum absolute atomic E-state index is 13.1. The van der Waals surface area contributed by atoms with E-state index in [1.807, 2.05) is 0 Å². The first-order chi connectivity index (χ1) is 11.0. The molecule has 2 aromatic carbocycles. The van der Waals surface area contributed by atoms with E-state index >= 15 is 0 Å². The number of rotatable bonds is 7. The van der Waals surface area contributed by atoms with E-state index in [0.717, 1.165) is 17.9 Å². The molecule has 2 rings (SSSR count). The Labute approximate surface area is 130 Å². The summed E-state index contributed by atoms with van der Waals surface area (Å²) in [4.78, 5) is 13.5. The number of hydrogen-bond donors (Lipinski definition) is 1. The van der Waals surface area contributed by atoms with Gasteiger partial charge < -0.3 is 10.1 Å². The number of unbranched alkanes of at least 4 members (excludes halogenated alkanes) is 1. The van der Waals surface area contributed by atoms with Crippen molar-refractivity contribution >= 4 is 17.1 Å². The van der Waals surface area contributed by atoms with Gasteiger partial charge in [0.15, 0.2) is 5.75 Å². The van der Waals surface area contributed by atoms with E-state index < -0.39 is 17.5 Å². The van der Waals surface area contributed by atoms with E-state index in [-0.39, 0.29) is 5.39 Å². The van der Waals surface area contributed by atoms with Crippen molar-refractivity contribution in [1.29, 1.82) is 0 Å². The van der Waals surface area contributed by atoms with Crippen LogP contribution in [0.1, 0.15) is 24.0 Å². The summed E-state index contributed by atoms with van der Waals surface area (Å²) >= 11 is 0. The molecule has 0 radical (unpaired) electrons. The van der Waals surface area contributed by atoms with Crippen LogP contribution in [-0.2, 0) is 17.5 Å². The minimum Gasteiger partial charge on any atom is -0.313 e. The zero-order valence-electron chi connectivity index (χ0n) is 12.1. The van der Waals surface area contributed by atoms with Crippen LogP contribution in [-0.4, -0.2) is 12.8 Å². The molecule has 2 aromatic rings. The highest BCUT2D eigenvalue weighted by molar-refractivity contribution is 5.89. The minimum absolute atomic E-state index is 0.114. The molecule has 7 heteroatoms. The molecule has 0 aliphatic heterocycles. The highest BCUT2D eigenvalue weighted by Crippen LogP contribution is 2.41. The van der Waals surface area contributed by atoms with Crippen LogP contribution in [0.2, 0.25) is 0 Å². The fraction of sp³-hybridized carbons (Fsp3) is 0.312. The minimum atomic E-state index is -4.71. The predicted octanol–water partition coefficient (Wildman–Crippen LogP) is 4.19. The summed E-state index contributed by atoms with van der Waals surface area (Å²) in [7, 11) is 0. The van der Waals surface area contributed by atoms with E-state index in [4.69, 9.17) is 0 Å². The van der Waals surface area contributed by atoms with Gasteiger partial charge in [-0.05, 0) is 41.4 Å². The zero-order chi connectivity index (χ0) is 16.9. The molecule has 0 saturated carbocycles. The van der Waals surface area contributed by atoms with E-state index in [1.165, 1.54) is 12.1 Å². The van der Waals surface area contributed by atoms with Crippen LogP contribution < -0.4 is 10.3 Å². The smallest absolute Gasteiger partial charge is 0.313 e. The van der Waals surface area contributed by atoms with Crippen molar-refractivity contribution in [1.82, 2.24) is 5.32 Å². The number of nitrogens with one attached hydrogen (secondary N) is 1. The van der Waals surface area contributed by atoms with Gasteiger partial charge in [-0.2, -0.15) is 13.2 Å². The Morgan fingerprint density at radius 3 is 2.61 bits per heavy atom. The first-order valence-corrected chi connectivity index (χ1v) is 7.03. The molecular formula is C16H15F4NO2. The first kappa shape index (κ1) is 17.2. The Morgan fingerprint density at radius 2 is 1.96 bits per heavy atom. The molecule has 124 valence electrons. The third-order valence-electron chi connectivity index (χ3n) is 3.42. The van der Waals surface area contributed by atoms with Gasteiger partial charge in [0, 0.05) is 17.5 Å². The molecule has 0 aromatic heterocycles. The number of hydrogen-bond acceptors (Lipinski definition) is 3. The maximum atomic E-state index is 13.1. The molecule has 0 saturated heterocycles. The summed E-state index contributed by atoms with van der Waals surface area (Å²) in [6.45, 7) is 1.11. The molecule has 0 spiro atoms. The van der Waals surface area contributed by atoms with Gasteiger partial charge in [0.2, 0.25) is 0 Å². The Morgan fingerprint density at radius 1 is 1.17 bits per heavy atom. The highest BCUT2D eigenvalue weighted by Gasteiger charge is 2.37. The lowest BCUT2D eigenvalue weighted by Gasteiger charge is -2.13. The molecule has 0 aliphatic rings. The standard InChI is InChI=1S/C16H15F4NO2/c17-16(18,19)15-13-5-3-11(10-21-7-1-2-8-22)9-12(13)4-6-14(15)23-20/h3-6,8-9,21H,1-2,7,10H2. The molecule has 0 fully saturated rings. The maximum Gasteiger partial charge on any atom is 0.420 e. The van der Waals surface area contributed by atoms with Gasteiger partial charge >= 0.3 is 6.18 Å². The number of alkyl halides is 3. The van der Waals surface area contributed by atoms with Crippen LogP contribution in [0.5, 0.6) is 5.75 Å². The van der Waals surface area contributed by atoms with Crippen molar-refractivity contribution in [3.8, 4) is 5.75 Å². The van der Waals surface area contributed by atoms with E-state index in [1.54, 1.807) is 12.1 Å². The van der Waals surface area contributed by atoms with Crippen molar-refractivity contribution in [2.45, 2.75) is 25.6 Å². The van der Waals surface area contributed by atoms with Gasteiger partial charge in [0.1, 0.15) is 11.8 Å². The molecule has 0 atom stereocenters. The van der Waals surface area contributed by atoms with Gasteiger partial charge in [-0.3, -0.25) is 4.94 Å². The number of fused-ring (bicyclic) bond motifs is 1. The molecular weight excluding hydrogens is 314 g/mol. The van der Waals surface area contributed by atoms with Gasteiger partial charge in [-0.15, -0.1) is 0 Å². The van der Waals surface area contributed by atoms with Crippen LogP contribution in [0, 0.1) is 0 Å². The summed E-state index contributed by atoms with van der Waals surface area (Å²) in [5.74, 6) is -0.843. The quantitative estimate of drug-likeness (QED) is 0.470. The molecule has 0 amide bonds. The fourth-order valence-corrected chi connectivity index (χ4v) is 2.37. The number of benzene rings is 2. The van der Waals surface area contributed by atoms with Crippen molar-refractivity contribution in [2.75, 3.05) is 6.54 Å². The van der Waals surface area contributed by atoms with Crippen LogP contribution in [0.25, 0.3) is 10.8 Å². The number of aldehydes is 1. The van der Waals surface area contributed by atoms with E-state index in [2.05, 4.69) is 10.3 Å². The fourth-order valence-electron chi connectivity index (χ4n) is 2.37. The second kappa shape index (κ2) is 7.41. The summed E-state index contributed by atoms with van der Waals surface area (Å²) < 4.78 is 51.7. The Kier molecular flexibility index (Phi) is 5.54. The monoisotopic (exact) mass is 329 g/mol. The van der Waals surface area contributed by atoms with Gasteiger partial charge in [0.05, 0.1) is 0 Å². The van der Waals surface area contributed by atoms with Crippen molar-refractivity contribution in [3.05, 3.63) is 41.5 Å². The number of carbonyl (C=O) groups is 1. The van der Waals surface area contributed by atoms with E-state index in [0.29, 0.717) is 31.3 Å². The molecule has 1 N–H and O–H groups in total. The third kappa shape index (κ3) is 4.19. The van der Waals surface area contributed by atoms with E-state index in [9.17, 15) is 22.5 Å². The van der Waals surface area contributed by atoms with Crippen molar-refractivity contribution in [2.24, 2.45) is 0 Å². The number of carbonyl (C=O) groups excluding carboxylic acids is 1. The molecule has 0 aliphatic carbocycles. The zero-order valence-corrected chi connectivity index (χ0v) is 12.1. The third-order valence-corrected chi connectivity index (χ3v) is 3.42. The topological polar surface area (TPSA) is 38.3 Å². The van der Waals surface area contributed by atoms with Crippen LogP contribution >= 0.6 is 0 Å². The van der Waals surface area contributed by atoms with Crippen molar-refractivity contribution in [3.63, 3.8) is 0 Å².